The third kappa shape index (κ3) is 5.24. The molecule has 1 aromatic heterocycles. The third-order valence-corrected chi connectivity index (χ3v) is 8.72. The molecule has 2 aliphatic heterocycles. The summed E-state index contributed by atoms with van der Waals surface area (Å²) in [5, 5.41) is 4.59. The van der Waals surface area contributed by atoms with E-state index >= 15 is 0 Å². The number of hydrogen-bond acceptors (Lipinski definition) is 3. The molecule has 3 heterocycles. The monoisotopic (exact) mass is 462 g/mol. The van der Waals surface area contributed by atoms with Crippen LogP contribution in [0.1, 0.15) is 52.5 Å². The molecule has 174 valence electrons. The number of nitrogens with zero attached hydrogens (tertiary/aromatic N) is 2. The number of likely N-dealkylation sites (tertiary alicyclic amines) is 2. The Labute approximate surface area is 202 Å². The van der Waals surface area contributed by atoms with E-state index in [-0.39, 0.29) is 5.82 Å². The smallest absolute Gasteiger partial charge is 0.123 e. The summed E-state index contributed by atoms with van der Waals surface area (Å²) in [4.78, 5) is 5.37. The summed E-state index contributed by atoms with van der Waals surface area (Å²) in [6.07, 6.45) is 2.35. The second-order valence-electron chi connectivity index (χ2n) is 10.1. The zero-order chi connectivity index (χ0) is 22.8. The highest BCUT2D eigenvalue weighted by atomic mass is 32.1. The number of thiophene rings is 1. The van der Waals surface area contributed by atoms with Crippen LogP contribution in [0.2, 0.25) is 0 Å². The second kappa shape index (κ2) is 10.1. The van der Waals surface area contributed by atoms with Gasteiger partial charge < -0.3 is 4.90 Å². The molecule has 2 aliphatic rings. The summed E-state index contributed by atoms with van der Waals surface area (Å²) in [5.74, 6) is 1.73. The Morgan fingerprint density at radius 3 is 2.42 bits per heavy atom. The maximum absolute atomic E-state index is 13.3. The first-order valence-electron chi connectivity index (χ1n) is 12.3. The van der Waals surface area contributed by atoms with Crippen LogP contribution in [-0.4, -0.2) is 42.5 Å². The number of aryl methyl sites for hydroxylation is 1. The van der Waals surface area contributed by atoms with E-state index < -0.39 is 0 Å². The first-order valence-corrected chi connectivity index (χ1v) is 13.3. The molecular formula is C29H35FN2S. The second-order valence-corrected chi connectivity index (χ2v) is 10.9. The zero-order valence-electron chi connectivity index (χ0n) is 19.8. The fourth-order valence-corrected chi connectivity index (χ4v) is 6.60. The Hall–Kier alpha value is -2.01. The summed E-state index contributed by atoms with van der Waals surface area (Å²) in [6.45, 7) is 11.3. The first-order chi connectivity index (χ1) is 16.1. The van der Waals surface area contributed by atoms with Crippen LogP contribution in [0, 0.1) is 25.6 Å². The fraction of sp³-hybridized carbons (Fsp3) is 0.448. The van der Waals surface area contributed by atoms with E-state index in [0.717, 1.165) is 26.2 Å². The third-order valence-electron chi connectivity index (χ3n) is 8.02. The average molecular weight is 463 g/mol. The summed E-state index contributed by atoms with van der Waals surface area (Å²) < 4.78 is 13.3. The van der Waals surface area contributed by atoms with Crippen molar-refractivity contribution in [3.8, 4) is 0 Å². The highest BCUT2D eigenvalue weighted by molar-refractivity contribution is 7.08. The van der Waals surface area contributed by atoms with Gasteiger partial charge in [0.2, 0.25) is 0 Å². The Morgan fingerprint density at radius 2 is 1.70 bits per heavy atom. The van der Waals surface area contributed by atoms with Gasteiger partial charge in [-0.25, -0.2) is 4.39 Å². The molecule has 0 radical (unpaired) electrons. The van der Waals surface area contributed by atoms with Crippen LogP contribution in [0.3, 0.4) is 0 Å². The predicted molar refractivity (Wildman–Crippen MR) is 137 cm³/mol. The minimum absolute atomic E-state index is 0.137. The van der Waals surface area contributed by atoms with Crippen molar-refractivity contribution in [2.45, 2.75) is 45.1 Å². The lowest BCUT2D eigenvalue weighted by Crippen LogP contribution is -2.38. The van der Waals surface area contributed by atoms with Crippen LogP contribution in [0.25, 0.3) is 0 Å². The van der Waals surface area contributed by atoms with Gasteiger partial charge in [-0.05, 0) is 108 Å². The number of piperidine rings is 1. The summed E-state index contributed by atoms with van der Waals surface area (Å²) in [7, 11) is 0. The molecule has 0 saturated carbocycles. The van der Waals surface area contributed by atoms with E-state index in [1.807, 2.05) is 23.5 Å². The van der Waals surface area contributed by atoms with E-state index in [4.69, 9.17) is 0 Å². The Kier molecular flexibility index (Phi) is 6.96. The molecule has 0 aliphatic carbocycles. The van der Waals surface area contributed by atoms with Crippen molar-refractivity contribution in [3.05, 3.63) is 92.9 Å². The Balaban J connectivity index is 1.23. The molecule has 0 amide bonds. The van der Waals surface area contributed by atoms with E-state index in [1.54, 1.807) is 12.1 Å². The minimum atomic E-state index is -0.137. The van der Waals surface area contributed by atoms with Gasteiger partial charge in [0.1, 0.15) is 5.82 Å². The fourth-order valence-electron chi connectivity index (χ4n) is 5.88. The van der Waals surface area contributed by atoms with Crippen molar-refractivity contribution >= 4 is 11.3 Å². The first kappa shape index (κ1) is 22.8. The lowest BCUT2D eigenvalue weighted by molar-refractivity contribution is 0.177. The van der Waals surface area contributed by atoms with Crippen molar-refractivity contribution in [2.24, 2.45) is 5.92 Å². The standard InChI is InChI=1S/C29H35FN2S/c1-21-4-3-5-25(22(21)2)16-32-18-27(29(19-32)26-12-15-33-20-26)17-31-13-10-24(11-14-31)23-6-8-28(30)9-7-23/h3-9,12,15,20,24,27,29H,10-11,13-14,16-19H2,1-2H3. The van der Waals surface area contributed by atoms with Crippen molar-refractivity contribution < 1.29 is 4.39 Å². The van der Waals surface area contributed by atoms with Gasteiger partial charge >= 0.3 is 0 Å². The molecule has 0 N–H and O–H groups in total. The summed E-state index contributed by atoms with van der Waals surface area (Å²) >= 11 is 1.82. The molecule has 33 heavy (non-hydrogen) atoms. The summed E-state index contributed by atoms with van der Waals surface area (Å²) in [6, 6.07) is 16.2. The lowest BCUT2D eigenvalue weighted by Gasteiger charge is -2.34. The topological polar surface area (TPSA) is 6.48 Å². The molecule has 0 spiro atoms. The van der Waals surface area contributed by atoms with E-state index in [1.165, 1.54) is 53.7 Å². The molecule has 4 heteroatoms. The highest BCUT2D eigenvalue weighted by Crippen LogP contribution is 2.37. The predicted octanol–water partition coefficient (Wildman–Crippen LogP) is 6.60. The quantitative estimate of drug-likeness (QED) is 0.407. The van der Waals surface area contributed by atoms with Crippen molar-refractivity contribution in [1.82, 2.24) is 9.80 Å². The summed E-state index contributed by atoms with van der Waals surface area (Å²) in [5.41, 5.74) is 7.12. The van der Waals surface area contributed by atoms with Gasteiger partial charge in [-0.2, -0.15) is 11.3 Å². The van der Waals surface area contributed by atoms with Crippen LogP contribution in [0.5, 0.6) is 0 Å². The van der Waals surface area contributed by atoms with Gasteiger partial charge in [0.05, 0.1) is 0 Å². The maximum Gasteiger partial charge on any atom is 0.123 e. The van der Waals surface area contributed by atoms with Gasteiger partial charge in [0.15, 0.2) is 0 Å². The van der Waals surface area contributed by atoms with Gasteiger partial charge in [-0.1, -0.05) is 30.3 Å². The Morgan fingerprint density at radius 1 is 0.909 bits per heavy atom. The molecule has 3 aromatic rings. The van der Waals surface area contributed by atoms with Crippen LogP contribution in [0.4, 0.5) is 4.39 Å². The van der Waals surface area contributed by atoms with Crippen molar-refractivity contribution in [1.29, 1.82) is 0 Å². The van der Waals surface area contributed by atoms with Crippen molar-refractivity contribution in [3.63, 3.8) is 0 Å². The number of benzene rings is 2. The molecule has 2 unspecified atom stereocenters. The minimum Gasteiger partial charge on any atom is -0.303 e. The SMILES string of the molecule is Cc1cccc(CN2CC(CN3CCC(c4ccc(F)cc4)CC3)C(c3ccsc3)C2)c1C. The molecule has 2 fully saturated rings. The lowest BCUT2D eigenvalue weighted by atomic mass is 9.87. The van der Waals surface area contributed by atoms with E-state index in [2.05, 4.69) is 58.7 Å². The highest BCUT2D eigenvalue weighted by Gasteiger charge is 2.36. The molecule has 5 rings (SSSR count). The van der Waals surface area contributed by atoms with Crippen LogP contribution in [0.15, 0.2) is 59.3 Å². The van der Waals surface area contributed by atoms with Crippen LogP contribution in [-0.2, 0) is 6.54 Å². The van der Waals surface area contributed by atoms with Crippen LogP contribution < -0.4 is 0 Å². The molecule has 2 nitrogen and oxygen atoms in total. The average Bonchev–Trinajstić information content (AvgIpc) is 3.48. The molecule has 2 saturated heterocycles. The number of halogens is 1. The molecular weight excluding hydrogens is 427 g/mol. The van der Waals surface area contributed by atoms with Crippen molar-refractivity contribution in [2.75, 3.05) is 32.7 Å². The van der Waals surface area contributed by atoms with E-state index in [0.29, 0.717) is 17.8 Å². The van der Waals surface area contributed by atoms with E-state index in [9.17, 15) is 4.39 Å². The molecule has 2 atom stereocenters. The molecule has 2 aromatic carbocycles. The number of rotatable bonds is 6. The maximum atomic E-state index is 13.3. The zero-order valence-corrected chi connectivity index (χ0v) is 20.7. The Bertz CT molecular complexity index is 1040. The van der Waals surface area contributed by atoms with Gasteiger partial charge in [-0.15, -0.1) is 0 Å². The molecule has 0 bridgehead atoms. The number of hydrogen-bond donors (Lipinski definition) is 0. The van der Waals surface area contributed by atoms with Gasteiger partial charge in [0.25, 0.3) is 0 Å². The van der Waals surface area contributed by atoms with Gasteiger partial charge in [0, 0.05) is 32.1 Å². The normalized spacial score (nSPS) is 22.8. The van der Waals surface area contributed by atoms with Gasteiger partial charge in [-0.3, -0.25) is 4.90 Å². The van der Waals surface area contributed by atoms with Crippen LogP contribution >= 0.6 is 11.3 Å². The largest absolute Gasteiger partial charge is 0.303 e.